The first-order valence-corrected chi connectivity index (χ1v) is 5.67. The highest BCUT2D eigenvalue weighted by Gasteiger charge is 2.04. The monoisotopic (exact) mass is 329 g/mol. The molecule has 1 aromatic carbocycles. The zero-order valence-corrected chi connectivity index (χ0v) is 10.2. The summed E-state index contributed by atoms with van der Waals surface area (Å²) in [6.45, 7) is 0.366. The molecule has 1 aromatic rings. The van der Waals surface area contributed by atoms with Gasteiger partial charge in [-0.3, -0.25) is 0 Å². The number of halogens is 3. The molecule has 0 radical (unpaired) electrons. The van der Waals surface area contributed by atoms with Crippen LogP contribution < -0.4 is 5.32 Å². The summed E-state index contributed by atoms with van der Waals surface area (Å²) >= 11 is 7.46. The van der Waals surface area contributed by atoms with Crippen molar-refractivity contribution in [3.63, 3.8) is 0 Å². The third kappa shape index (κ3) is 3.59. The van der Waals surface area contributed by atoms with Crippen molar-refractivity contribution in [2.24, 2.45) is 0 Å². The van der Waals surface area contributed by atoms with Gasteiger partial charge in [0.2, 0.25) is 0 Å². The van der Waals surface area contributed by atoms with E-state index in [9.17, 15) is 9.50 Å². The lowest BCUT2D eigenvalue weighted by Gasteiger charge is -2.11. The fraction of sp³-hybridized carbons (Fsp3) is 0.333. The van der Waals surface area contributed by atoms with E-state index in [-0.39, 0.29) is 11.7 Å². The number of aliphatic hydroxyl groups is 1. The van der Waals surface area contributed by atoms with Gasteiger partial charge in [0.05, 0.1) is 12.0 Å². The van der Waals surface area contributed by atoms with Crippen LogP contribution in [0.25, 0.3) is 0 Å². The van der Waals surface area contributed by atoms with Crippen LogP contribution >= 0.6 is 34.2 Å². The van der Waals surface area contributed by atoms with E-state index in [2.05, 4.69) is 5.32 Å². The summed E-state index contributed by atoms with van der Waals surface area (Å²) in [5, 5.41) is 12.2. The smallest absolute Gasteiger partial charge is 0.124 e. The molecule has 0 amide bonds. The molecule has 0 aromatic heterocycles. The molecule has 0 heterocycles. The highest BCUT2D eigenvalue weighted by molar-refractivity contribution is 14.1. The van der Waals surface area contributed by atoms with Crippen molar-refractivity contribution in [2.75, 3.05) is 17.7 Å². The number of nitrogens with one attached hydrogen (secondary N) is 1. The number of anilines is 1. The van der Waals surface area contributed by atoms with Gasteiger partial charge in [-0.2, -0.15) is 0 Å². The molecule has 14 heavy (non-hydrogen) atoms. The molecule has 0 saturated carbocycles. The fourth-order valence-corrected chi connectivity index (χ4v) is 1.69. The molecule has 1 atom stereocenters. The number of hydrogen-bond acceptors (Lipinski definition) is 2. The van der Waals surface area contributed by atoms with E-state index in [1.165, 1.54) is 12.1 Å². The van der Waals surface area contributed by atoms with Crippen LogP contribution in [-0.4, -0.2) is 23.6 Å². The molecule has 78 valence electrons. The summed E-state index contributed by atoms with van der Waals surface area (Å²) in [6, 6.07) is 4.44. The Morgan fingerprint density at radius 3 is 2.86 bits per heavy atom. The standard InChI is InChI=1S/C9H10ClFINO/c10-4-7(14)5-13-9-2-1-6(11)3-8(9)12/h1-3,7,13-14H,4-5H2. The molecule has 1 rings (SSSR count). The Bertz CT molecular complexity index is 311. The highest BCUT2D eigenvalue weighted by Crippen LogP contribution is 2.18. The van der Waals surface area contributed by atoms with Crippen molar-refractivity contribution in [1.82, 2.24) is 0 Å². The maximum Gasteiger partial charge on any atom is 0.124 e. The second kappa shape index (κ2) is 5.72. The Morgan fingerprint density at radius 1 is 1.57 bits per heavy atom. The zero-order chi connectivity index (χ0) is 10.6. The van der Waals surface area contributed by atoms with Crippen LogP contribution in [0.15, 0.2) is 18.2 Å². The Kier molecular flexibility index (Phi) is 4.91. The molecule has 0 aliphatic heterocycles. The third-order valence-electron chi connectivity index (χ3n) is 1.64. The molecule has 1 unspecified atom stereocenters. The van der Waals surface area contributed by atoms with Crippen molar-refractivity contribution in [3.05, 3.63) is 27.6 Å². The van der Waals surface area contributed by atoms with Gasteiger partial charge >= 0.3 is 0 Å². The molecule has 0 saturated heterocycles. The Balaban J connectivity index is 2.59. The van der Waals surface area contributed by atoms with Gasteiger partial charge in [0, 0.05) is 15.8 Å². The Hall–Kier alpha value is -0.0700. The van der Waals surface area contributed by atoms with Gasteiger partial charge in [-0.05, 0) is 40.8 Å². The molecule has 2 nitrogen and oxygen atoms in total. The number of aliphatic hydroxyl groups excluding tert-OH is 1. The van der Waals surface area contributed by atoms with Crippen molar-refractivity contribution < 1.29 is 9.50 Å². The van der Waals surface area contributed by atoms with Crippen LogP contribution in [0, 0.1) is 9.39 Å². The first-order chi connectivity index (χ1) is 6.63. The first-order valence-electron chi connectivity index (χ1n) is 4.06. The fourth-order valence-electron chi connectivity index (χ4n) is 0.915. The van der Waals surface area contributed by atoms with Gasteiger partial charge in [0.15, 0.2) is 0 Å². The SMILES string of the molecule is OC(CCl)CNc1ccc(F)cc1I. The topological polar surface area (TPSA) is 32.3 Å². The molecule has 0 aliphatic carbocycles. The lowest BCUT2D eigenvalue weighted by Crippen LogP contribution is -2.21. The Labute approximate surface area is 101 Å². The van der Waals surface area contributed by atoms with Gasteiger partial charge in [-0.1, -0.05) is 0 Å². The van der Waals surface area contributed by atoms with Gasteiger partial charge in [0.1, 0.15) is 5.82 Å². The maximum atomic E-state index is 12.7. The average Bonchev–Trinajstić information content (AvgIpc) is 2.16. The second-order valence-electron chi connectivity index (χ2n) is 2.81. The molecular formula is C9H10ClFINO. The van der Waals surface area contributed by atoms with Crippen LogP contribution in [0.4, 0.5) is 10.1 Å². The summed E-state index contributed by atoms with van der Waals surface area (Å²) in [4.78, 5) is 0. The lowest BCUT2D eigenvalue weighted by atomic mass is 10.3. The molecule has 0 bridgehead atoms. The number of rotatable bonds is 4. The summed E-state index contributed by atoms with van der Waals surface area (Å²) in [5.74, 6) is -0.0806. The molecule has 0 spiro atoms. The van der Waals surface area contributed by atoms with Crippen LogP contribution in [0.5, 0.6) is 0 Å². The number of benzene rings is 1. The van der Waals surface area contributed by atoms with Crippen molar-refractivity contribution >= 4 is 39.9 Å². The van der Waals surface area contributed by atoms with Gasteiger partial charge < -0.3 is 10.4 Å². The summed E-state index contributed by atoms with van der Waals surface area (Å²) < 4.78 is 13.5. The minimum absolute atomic E-state index is 0.185. The van der Waals surface area contributed by atoms with E-state index in [0.29, 0.717) is 6.54 Å². The predicted molar refractivity (Wildman–Crippen MR) is 64.3 cm³/mol. The highest BCUT2D eigenvalue weighted by atomic mass is 127. The van der Waals surface area contributed by atoms with Crippen molar-refractivity contribution in [1.29, 1.82) is 0 Å². The maximum absolute atomic E-state index is 12.7. The van der Waals surface area contributed by atoms with Crippen LogP contribution in [-0.2, 0) is 0 Å². The van der Waals surface area contributed by atoms with E-state index in [0.717, 1.165) is 9.26 Å². The quantitative estimate of drug-likeness (QED) is 0.657. The normalized spacial score (nSPS) is 12.6. The van der Waals surface area contributed by atoms with E-state index in [1.807, 2.05) is 22.6 Å². The van der Waals surface area contributed by atoms with Crippen LogP contribution in [0.2, 0.25) is 0 Å². The third-order valence-corrected chi connectivity index (χ3v) is 2.89. The van der Waals surface area contributed by atoms with Gasteiger partial charge in [0.25, 0.3) is 0 Å². The summed E-state index contributed by atoms with van der Waals surface area (Å²) in [7, 11) is 0. The zero-order valence-electron chi connectivity index (χ0n) is 7.30. The minimum Gasteiger partial charge on any atom is -0.390 e. The Morgan fingerprint density at radius 2 is 2.29 bits per heavy atom. The number of alkyl halides is 1. The van der Waals surface area contributed by atoms with E-state index in [4.69, 9.17) is 11.6 Å². The predicted octanol–water partition coefficient (Wildman–Crippen LogP) is 2.44. The number of hydrogen-bond donors (Lipinski definition) is 2. The first kappa shape index (κ1) is 12.0. The lowest BCUT2D eigenvalue weighted by molar-refractivity contribution is 0.211. The molecule has 2 N–H and O–H groups in total. The second-order valence-corrected chi connectivity index (χ2v) is 4.28. The summed E-state index contributed by atoms with van der Waals surface area (Å²) in [5.41, 5.74) is 0.802. The van der Waals surface area contributed by atoms with E-state index >= 15 is 0 Å². The largest absolute Gasteiger partial charge is 0.390 e. The van der Waals surface area contributed by atoms with Crippen LogP contribution in [0.3, 0.4) is 0 Å². The van der Waals surface area contributed by atoms with Crippen molar-refractivity contribution in [2.45, 2.75) is 6.10 Å². The van der Waals surface area contributed by atoms with E-state index < -0.39 is 6.10 Å². The average molecular weight is 330 g/mol. The molecular weight excluding hydrogens is 319 g/mol. The van der Waals surface area contributed by atoms with Gasteiger partial charge in [-0.15, -0.1) is 11.6 Å². The van der Waals surface area contributed by atoms with Gasteiger partial charge in [-0.25, -0.2) is 4.39 Å². The molecule has 0 aliphatic rings. The molecule has 0 fully saturated rings. The minimum atomic E-state index is -0.586. The van der Waals surface area contributed by atoms with E-state index in [1.54, 1.807) is 6.07 Å². The van der Waals surface area contributed by atoms with Crippen LogP contribution in [0.1, 0.15) is 0 Å². The summed E-state index contributed by atoms with van der Waals surface area (Å²) in [6.07, 6.45) is -0.586. The molecule has 5 heteroatoms. The van der Waals surface area contributed by atoms with Crippen molar-refractivity contribution in [3.8, 4) is 0 Å².